The molecule has 1 aliphatic heterocycles. The number of ether oxygens (including phenoxy) is 1. The van der Waals surface area contributed by atoms with Crippen molar-refractivity contribution in [1.29, 1.82) is 0 Å². The normalized spacial score (nSPS) is 17.3. The Labute approximate surface area is 145 Å². The Hall–Kier alpha value is -2.74. The molecule has 1 fully saturated rings. The summed E-state index contributed by atoms with van der Waals surface area (Å²) < 4.78 is 7.02. The standard InChI is InChI=1S/C17H21N7O/c1-25-11-14-8-16(24-17(22-14)20-12-21-24)23-7-5-13(10-23)9-19-15-4-2-3-6-18-15/h2-4,6,8,12-13H,5,7,9-11H2,1H3,(H,18,19). The van der Waals surface area contributed by atoms with Gasteiger partial charge in [-0.1, -0.05) is 6.07 Å². The molecule has 4 heterocycles. The maximum absolute atomic E-state index is 5.22. The third-order valence-electron chi connectivity index (χ3n) is 4.42. The Morgan fingerprint density at radius 2 is 2.28 bits per heavy atom. The predicted molar refractivity (Wildman–Crippen MR) is 94.5 cm³/mol. The van der Waals surface area contributed by atoms with Crippen molar-refractivity contribution in [3.8, 4) is 0 Å². The van der Waals surface area contributed by atoms with E-state index in [1.54, 1.807) is 24.1 Å². The number of pyridine rings is 1. The number of fused-ring (bicyclic) bond motifs is 1. The van der Waals surface area contributed by atoms with Gasteiger partial charge in [-0.05, 0) is 24.5 Å². The van der Waals surface area contributed by atoms with Crippen LogP contribution in [0.3, 0.4) is 0 Å². The van der Waals surface area contributed by atoms with E-state index < -0.39 is 0 Å². The molecule has 3 aromatic heterocycles. The average molecular weight is 339 g/mol. The summed E-state index contributed by atoms with van der Waals surface area (Å²) in [4.78, 5) is 15.3. The van der Waals surface area contributed by atoms with Crippen molar-refractivity contribution in [2.75, 3.05) is 37.0 Å². The summed E-state index contributed by atoms with van der Waals surface area (Å²) in [6.45, 7) is 3.32. The van der Waals surface area contributed by atoms with Crippen LogP contribution in [0.1, 0.15) is 12.1 Å². The van der Waals surface area contributed by atoms with Crippen molar-refractivity contribution < 1.29 is 4.74 Å². The summed E-state index contributed by atoms with van der Waals surface area (Å²) in [6.07, 6.45) is 4.47. The summed E-state index contributed by atoms with van der Waals surface area (Å²) in [5.41, 5.74) is 0.869. The van der Waals surface area contributed by atoms with Crippen LogP contribution in [0.25, 0.3) is 5.78 Å². The molecule has 0 spiro atoms. The fraction of sp³-hybridized carbons (Fsp3) is 0.412. The van der Waals surface area contributed by atoms with E-state index in [4.69, 9.17) is 4.74 Å². The van der Waals surface area contributed by atoms with E-state index >= 15 is 0 Å². The summed E-state index contributed by atoms with van der Waals surface area (Å²) >= 11 is 0. The predicted octanol–water partition coefficient (Wildman–Crippen LogP) is 1.60. The average Bonchev–Trinajstić information content (AvgIpc) is 3.30. The molecule has 1 N–H and O–H groups in total. The van der Waals surface area contributed by atoms with Crippen LogP contribution in [0.5, 0.6) is 0 Å². The molecule has 130 valence electrons. The molecule has 0 saturated carbocycles. The Morgan fingerprint density at radius 1 is 1.32 bits per heavy atom. The lowest BCUT2D eigenvalue weighted by molar-refractivity contribution is 0.181. The van der Waals surface area contributed by atoms with Crippen molar-refractivity contribution in [1.82, 2.24) is 24.6 Å². The molecule has 4 rings (SSSR count). The first kappa shape index (κ1) is 15.8. The van der Waals surface area contributed by atoms with Gasteiger partial charge in [-0.15, -0.1) is 0 Å². The first-order valence-electron chi connectivity index (χ1n) is 8.42. The zero-order valence-corrected chi connectivity index (χ0v) is 14.2. The van der Waals surface area contributed by atoms with E-state index in [2.05, 4.69) is 30.3 Å². The van der Waals surface area contributed by atoms with E-state index in [1.807, 2.05) is 24.3 Å². The van der Waals surface area contributed by atoms with Gasteiger partial charge in [-0.3, -0.25) is 0 Å². The van der Waals surface area contributed by atoms with Crippen LogP contribution in [0.4, 0.5) is 11.6 Å². The highest BCUT2D eigenvalue weighted by Gasteiger charge is 2.25. The van der Waals surface area contributed by atoms with Gasteiger partial charge in [0.2, 0.25) is 0 Å². The summed E-state index contributed by atoms with van der Waals surface area (Å²) in [5, 5.41) is 7.74. The van der Waals surface area contributed by atoms with Gasteiger partial charge in [0.1, 0.15) is 18.0 Å². The number of hydrogen-bond acceptors (Lipinski definition) is 7. The summed E-state index contributed by atoms with van der Waals surface area (Å²) in [7, 11) is 1.67. The van der Waals surface area contributed by atoms with Crippen LogP contribution in [0.15, 0.2) is 36.8 Å². The monoisotopic (exact) mass is 339 g/mol. The second-order valence-corrected chi connectivity index (χ2v) is 6.21. The van der Waals surface area contributed by atoms with Crippen molar-refractivity contribution in [2.24, 2.45) is 5.92 Å². The zero-order chi connectivity index (χ0) is 17.1. The maximum Gasteiger partial charge on any atom is 0.254 e. The smallest absolute Gasteiger partial charge is 0.254 e. The SMILES string of the molecule is COCc1cc(N2CCC(CNc3ccccn3)C2)n2ncnc2n1. The Morgan fingerprint density at radius 3 is 3.12 bits per heavy atom. The minimum absolute atomic E-state index is 0.467. The molecule has 0 aromatic carbocycles. The quantitative estimate of drug-likeness (QED) is 0.730. The van der Waals surface area contributed by atoms with Crippen LogP contribution in [0.2, 0.25) is 0 Å². The first-order valence-corrected chi connectivity index (χ1v) is 8.42. The lowest BCUT2D eigenvalue weighted by Gasteiger charge is -2.20. The molecular weight excluding hydrogens is 318 g/mol. The molecule has 1 atom stereocenters. The van der Waals surface area contributed by atoms with E-state index in [9.17, 15) is 0 Å². The van der Waals surface area contributed by atoms with Crippen LogP contribution in [-0.4, -0.2) is 51.3 Å². The second kappa shape index (κ2) is 7.02. The molecular formula is C17H21N7O. The van der Waals surface area contributed by atoms with E-state index in [-0.39, 0.29) is 0 Å². The minimum Gasteiger partial charge on any atom is -0.378 e. The van der Waals surface area contributed by atoms with E-state index in [0.717, 1.165) is 43.4 Å². The highest BCUT2D eigenvalue weighted by Crippen LogP contribution is 2.25. The van der Waals surface area contributed by atoms with Crippen LogP contribution in [-0.2, 0) is 11.3 Å². The van der Waals surface area contributed by atoms with Gasteiger partial charge in [-0.2, -0.15) is 14.6 Å². The molecule has 1 unspecified atom stereocenters. The largest absolute Gasteiger partial charge is 0.378 e. The third-order valence-corrected chi connectivity index (χ3v) is 4.42. The molecule has 1 aliphatic rings. The molecule has 0 amide bonds. The number of hydrogen-bond donors (Lipinski definition) is 1. The van der Waals surface area contributed by atoms with Gasteiger partial charge in [0.25, 0.3) is 5.78 Å². The number of nitrogens with zero attached hydrogens (tertiary/aromatic N) is 6. The zero-order valence-electron chi connectivity index (χ0n) is 14.2. The number of rotatable bonds is 6. The minimum atomic E-state index is 0.467. The highest BCUT2D eigenvalue weighted by atomic mass is 16.5. The fourth-order valence-corrected chi connectivity index (χ4v) is 3.21. The van der Waals surface area contributed by atoms with E-state index in [0.29, 0.717) is 18.3 Å². The van der Waals surface area contributed by atoms with Crippen LogP contribution in [0, 0.1) is 5.92 Å². The Kier molecular flexibility index (Phi) is 4.43. The molecule has 0 bridgehead atoms. The number of nitrogens with one attached hydrogen (secondary N) is 1. The second-order valence-electron chi connectivity index (χ2n) is 6.21. The molecule has 8 heteroatoms. The Balaban J connectivity index is 1.47. The van der Waals surface area contributed by atoms with Crippen molar-refractivity contribution in [3.63, 3.8) is 0 Å². The molecule has 0 aliphatic carbocycles. The Bertz CT molecular complexity index is 835. The van der Waals surface area contributed by atoms with Crippen molar-refractivity contribution >= 4 is 17.4 Å². The molecule has 1 saturated heterocycles. The maximum atomic E-state index is 5.22. The third kappa shape index (κ3) is 3.39. The van der Waals surface area contributed by atoms with Crippen LogP contribution < -0.4 is 10.2 Å². The van der Waals surface area contributed by atoms with Crippen molar-refractivity contribution in [3.05, 3.63) is 42.5 Å². The molecule has 8 nitrogen and oxygen atoms in total. The van der Waals surface area contributed by atoms with Gasteiger partial charge in [0.15, 0.2) is 0 Å². The topological polar surface area (TPSA) is 80.5 Å². The summed E-state index contributed by atoms with van der Waals surface area (Å²) in [5.74, 6) is 3.11. The lowest BCUT2D eigenvalue weighted by Crippen LogP contribution is -2.25. The van der Waals surface area contributed by atoms with Gasteiger partial charge < -0.3 is 15.0 Å². The summed E-state index contributed by atoms with van der Waals surface area (Å²) in [6, 6.07) is 7.95. The molecule has 3 aromatic rings. The van der Waals surface area contributed by atoms with Gasteiger partial charge in [0, 0.05) is 39.0 Å². The lowest BCUT2D eigenvalue weighted by atomic mass is 10.1. The fourth-order valence-electron chi connectivity index (χ4n) is 3.21. The number of anilines is 2. The molecule has 0 radical (unpaired) electrons. The van der Waals surface area contributed by atoms with Gasteiger partial charge in [-0.25, -0.2) is 9.97 Å². The van der Waals surface area contributed by atoms with Gasteiger partial charge in [0.05, 0.1) is 12.3 Å². The first-order chi connectivity index (χ1) is 12.3. The number of methoxy groups -OCH3 is 1. The van der Waals surface area contributed by atoms with Crippen molar-refractivity contribution in [2.45, 2.75) is 13.0 Å². The number of aromatic nitrogens is 5. The van der Waals surface area contributed by atoms with E-state index in [1.165, 1.54) is 0 Å². The molecule has 25 heavy (non-hydrogen) atoms. The van der Waals surface area contributed by atoms with Crippen LogP contribution >= 0.6 is 0 Å². The van der Waals surface area contributed by atoms with Gasteiger partial charge >= 0.3 is 0 Å². The highest BCUT2D eigenvalue weighted by molar-refractivity contribution is 5.48.